The molecule has 0 aromatic heterocycles. The van der Waals surface area contributed by atoms with Crippen molar-refractivity contribution in [3.63, 3.8) is 0 Å². The monoisotopic (exact) mass is 315 g/mol. The topological polar surface area (TPSA) is 64.6 Å². The predicted molar refractivity (Wildman–Crippen MR) is 88.4 cm³/mol. The van der Waals surface area contributed by atoms with Crippen LogP contribution in [-0.4, -0.2) is 24.8 Å². The second kappa shape index (κ2) is 6.69. The van der Waals surface area contributed by atoms with Gasteiger partial charge in [0.05, 0.1) is 12.7 Å². The number of amides is 1. The van der Waals surface area contributed by atoms with Crippen LogP contribution < -0.4 is 5.32 Å². The van der Waals surface area contributed by atoms with Crippen LogP contribution in [0.15, 0.2) is 36.4 Å². The lowest BCUT2D eigenvalue weighted by molar-refractivity contribution is 0.0522. The fraction of sp³-hybridized carbons (Fsp3) is 0.333. The number of methoxy groups -OCH3 is 1. The van der Waals surface area contributed by atoms with Gasteiger partial charge in [0, 0.05) is 6.54 Å². The molecule has 0 radical (unpaired) electrons. The van der Waals surface area contributed by atoms with E-state index in [4.69, 9.17) is 9.47 Å². The highest BCUT2D eigenvalue weighted by molar-refractivity contribution is 5.95. The largest absolute Gasteiger partial charge is 0.465 e. The van der Waals surface area contributed by atoms with Crippen molar-refractivity contribution < 1.29 is 19.1 Å². The molecule has 23 heavy (non-hydrogen) atoms. The van der Waals surface area contributed by atoms with Crippen molar-refractivity contribution in [1.82, 2.24) is 5.32 Å². The molecule has 0 atom stereocenters. The number of esters is 1. The Morgan fingerprint density at radius 2 is 1.74 bits per heavy atom. The molecule has 0 aliphatic heterocycles. The second-order valence-electron chi connectivity index (χ2n) is 6.24. The Balaban J connectivity index is 2.13. The first-order valence-electron chi connectivity index (χ1n) is 7.36. The summed E-state index contributed by atoms with van der Waals surface area (Å²) < 4.78 is 9.93. The van der Waals surface area contributed by atoms with Gasteiger partial charge >= 0.3 is 12.1 Å². The van der Waals surface area contributed by atoms with E-state index in [9.17, 15) is 9.59 Å². The van der Waals surface area contributed by atoms with E-state index in [1.54, 1.807) is 12.1 Å². The Hall–Kier alpha value is -2.56. The third kappa shape index (κ3) is 4.71. The third-order valence-corrected chi connectivity index (χ3v) is 3.16. The molecule has 0 fully saturated rings. The minimum Gasteiger partial charge on any atom is -0.465 e. The zero-order valence-electron chi connectivity index (χ0n) is 13.8. The number of hydrogen-bond donors (Lipinski definition) is 1. The third-order valence-electron chi connectivity index (χ3n) is 3.16. The number of nitrogens with one attached hydrogen (secondary N) is 1. The normalized spacial score (nSPS) is 11.1. The van der Waals surface area contributed by atoms with Crippen molar-refractivity contribution >= 4 is 22.8 Å². The Morgan fingerprint density at radius 3 is 2.39 bits per heavy atom. The average Bonchev–Trinajstić information content (AvgIpc) is 2.49. The van der Waals surface area contributed by atoms with Crippen LogP contribution in [0.1, 0.15) is 36.7 Å². The van der Waals surface area contributed by atoms with E-state index in [2.05, 4.69) is 5.32 Å². The maximum absolute atomic E-state index is 11.7. The van der Waals surface area contributed by atoms with Crippen LogP contribution in [0.25, 0.3) is 10.8 Å². The number of benzene rings is 2. The summed E-state index contributed by atoms with van der Waals surface area (Å²) in [6.07, 6.45) is -0.457. The van der Waals surface area contributed by atoms with Crippen LogP contribution in [0.3, 0.4) is 0 Å². The highest BCUT2D eigenvalue weighted by atomic mass is 16.6. The van der Waals surface area contributed by atoms with Gasteiger partial charge in [-0.2, -0.15) is 0 Å². The Kier molecular flexibility index (Phi) is 4.89. The van der Waals surface area contributed by atoms with Crippen LogP contribution >= 0.6 is 0 Å². The number of hydrogen-bond acceptors (Lipinski definition) is 4. The van der Waals surface area contributed by atoms with Crippen molar-refractivity contribution in [2.24, 2.45) is 0 Å². The molecule has 0 saturated heterocycles. The molecule has 2 aromatic carbocycles. The first-order valence-corrected chi connectivity index (χ1v) is 7.36. The van der Waals surface area contributed by atoms with Crippen LogP contribution in [0.4, 0.5) is 4.79 Å². The van der Waals surface area contributed by atoms with E-state index in [0.717, 1.165) is 16.3 Å². The molecular formula is C18H21NO4. The van der Waals surface area contributed by atoms with Crippen LogP contribution in [0.2, 0.25) is 0 Å². The quantitative estimate of drug-likeness (QED) is 0.878. The van der Waals surface area contributed by atoms with E-state index in [1.165, 1.54) is 7.11 Å². The summed E-state index contributed by atoms with van der Waals surface area (Å²) in [5.74, 6) is -0.371. The van der Waals surface area contributed by atoms with Gasteiger partial charge in [-0.05, 0) is 55.3 Å². The summed E-state index contributed by atoms with van der Waals surface area (Å²) >= 11 is 0. The molecule has 1 amide bonds. The number of ether oxygens (including phenoxy) is 2. The van der Waals surface area contributed by atoms with Crippen molar-refractivity contribution in [2.75, 3.05) is 7.11 Å². The summed E-state index contributed by atoms with van der Waals surface area (Å²) in [7, 11) is 1.35. The van der Waals surface area contributed by atoms with E-state index in [0.29, 0.717) is 12.1 Å². The standard InChI is InChI=1S/C18H21NO4/c1-18(2,3)23-17(21)19-11-12-5-6-13-7-8-14(16(20)22-4)10-15(13)9-12/h5-10H,11H2,1-4H3,(H,19,21). The second-order valence-corrected chi connectivity index (χ2v) is 6.24. The van der Waals surface area contributed by atoms with Gasteiger partial charge in [-0.3, -0.25) is 0 Å². The van der Waals surface area contributed by atoms with E-state index < -0.39 is 11.7 Å². The number of carbonyl (C=O) groups excluding carboxylic acids is 2. The first-order chi connectivity index (χ1) is 10.8. The lowest BCUT2D eigenvalue weighted by Gasteiger charge is -2.19. The van der Waals surface area contributed by atoms with Gasteiger partial charge in [0.25, 0.3) is 0 Å². The maximum atomic E-state index is 11.7. The molecular weight excluding hydrogens is 294 g/mol. The molecule has 5 heteroatoms. The van der Waals surface area contributed by atoms with Crippen molar-refractivity contribution in [1.29, 1.82) is 0 Å². The molecule has 0 heterocycles. The number of alkyl carbamates (subject to hydrolysis) is 1. The Bertz CT molecular complexity index is 731. The minimum absolute atomic E-state index is 0.354. The summed E-state index contributed by atoms with van der Waals surface area (Å²) in [5.41, 5.74) is 0.894. The molecule has 0 spiro atoms. The highest BCUT2D eigenvalue weighted by Gasteiger charge is 2.15. The van der Waals surface area contributed by atoms with Crippen LogP contribution in [0, 0.1) is 0 Å². The van der Waals surface area contributed by atoms with E-state index in [-0.39, 0.29) is 5.97 Å². The highest BCUT2D eigenvalue weighted by Crippen LogP contribution is 2.19. The average molecular weight is 315 g/mol. The SMILES string of the molecule is COC(=O)c1ccc2ccc(CNC(=O)OC(C)(C)C)cc2c1. The lowest BCUT2D eigenvalue weighted by atomic mass is 10.0. The van der Waals surface area contributed by atoms with E-state index in [1.807, 2.05) is 45.0 Å². The van der Waals surface area contributed by atoms with Gasteiger partial charge < -0.3 is 14.8 Å². The molecule has 0 aliphatic carbocycles. The van der Waals surface area contributed by atoms with Crippen molar-refractivity contribution in [2.45, 2.75) is 32.9 Å². The van der Waals surface area contributed by atoms with Gasteiger partial charge in [-0.15, -0.1) is 0 Å². The molecule has 2 aromatic rings. The van der Waals surface area contributed by atoms with Gasteiger partial charge in [0.15, 0.2) is 0 Å². The van der Waals surface area contributed by atoms with Gasteiger partial charge in [0.1, 0.15) is 5.60 Å². The first kappa shape index (κ1) is 16.8. The summed E-state index contributed by atoms with van der Waals surface area (Å²) in [6, 6.07) is 11.2. The smallest absolute Gasteiger partial charge is 0.407 e. The molecule has 0 aliphatic rings. The van der Waals surface area contributed by atoms with Gasteiger partial charge in [0.2, 0.25) is 0 Å². The summed E-state index contributed by atoms with van der Waals surface area (Å²) in [6.45, 7) is 5.80. The molecule has 0 unspecified atom stereocenters. The maximum Gasteiger partial charge on any atom is 0.407 e. The summed E-state index contributed by atoms with van der Waals surface area (Å²) in [4.78, 5) is 23.3. The Morgan fingerprint density at radius 1 is 1.04 bits per heavy atom. The zero-order valence-corrected chi connectivity index (χ0v) is 13.8. The van der Waals surface area contributed by atoms with Crippen LogP contribution in [-0.2, 0) is 16.0 Å². The summed E-state index contributed by atoms with van der Waals surface area (Å²) in [5, 5.41) is 4.64. The van der Waals surface area contributed by atoms with Gasteiger partial charge in [-0.1, -0.05) is 18.2 Å². The molecule has 2 rings (SSSR count). The molecule has 122 valence electrons. The number of fused-ring (bicyclic) bond motifs is 1. The predicted octanol–water partition coefficient (Wildman–Crippen LogP) is 3.65. The molecule has 1 N–H and O–H groups in total. The molecule has 5 nitrogen and oxygen atoms in total. The Labute approximate surface area is 135 Å². The fourth-order valence-corrected chi connectivity index (χ4v) is 2.14. The number of carbonyl (C=O) groups is 2. The molecule has 0 bridgehead atoms. The van der Waals surface area contributed by atoms with Crippen molar-refractivity contribution in [3.05, 3.63) is 47.5 Å². The zero-order chi connectivity index (χ0) is 17.0. The van der Waals surface area contributed by atoms with Crippen molar-refractivity contribution in [3.8, 4) is 0 Å². The van der Waals surface area contributed by atoms with Crippen LogP contribution in [0.5, 0.6) is 0 Å². The lowest BCUT2D eigenvalue weighted by Crippen LogP contribution is -2.32. The number of rotatable bonds is 3. The molecule has 0 saturated carbocycles. The fourth-order valence-electron chi connectivity index (χ4n) is 2.14. The minimum atomic E-state index is -0.525. The van der Waals surface area contributed by atoms with E-state index >= 15 is 0 Å². The van der Waals surface area contributed by atoms with Gasteiger partial charge in [-0.25, -0.2) is 9.59 Å².